The minimum atomic E-state index is -0.563. The van der Waals surface area contributed by atoms with Gasteiger partial charge < -0.3 is 10.1 Å². The molecule has 1 N–H and O–H groups in total. The molecule has 4 nitrogen and oxygen atoms in total. The molecule has 1 aromatic rings. The van der Waals surface area contributed by atoms with E-state index in [2.05, 4.69) is 10.1 Å². The van der Waals surface area contributed by atoms with Gasteiger partial charge in [0.15, 0.2) is 0 Å². The predicted molar refractivity (Wildman–Crippen MR) is 76.1 cm³/mol. The number of ether oxygens (including phenoxy) is 1. The van der Waals surface area contributed by atoms with Gasteiger partial charge >= 0.3 is 5.97 Å². The molecule has 0 radical (unpaired) electrons. The highest BCUT2D eigenvalue weighted by atomic mass is 19.1. The summed E-state index contributed by atoms with van der Waals surface area (Å²) in [6, 6.07) is 6.08. The number of hydrogen-bond donors (Lipinski definition) is 1. The first-order valence-electron chi connectivity index (χ1n) is 6.87. The van der Waals surface area contributed by atoms with Gasteiger partial charge in [-0.3, -0.25) is 4.79 Å². The molecule has 2 rings (SSSR count). The standard InChI is InChI=1S/C16H18FNO3/c1-21-14(19)4-2-11-18-15(20)16(9-3-10-16)12-5-7-13(17)8-6-12/h2,4-8H,3,9-11H2,1H3,(H,18,20)/b4-2+. The third-order valence-corrected chi connectivity index (χ3v) is 3.87. The van der Waals surface area contributed by atoms with Gasteiger partial charge in [-0.1, -0.05) is 24.6 Å². The quantitative estimate of drug-likeness (QED) is 0.667. The molecule has 0 bridgehead atoms. The lowest BCUT2D eigenvalue weighted by atomic mass is 9.64. The molecule has 0 heterocycles. The van der Waals surface area contributed by atoms with Crippen LogP contribution in [0.15, 0.2) is 36.4 Å². The summed E-state index contributed by atoms with van der Waals surface area (Å²) >= 11 is 0. The highest BCUT2D eigenvalue weighted by Crippen LogP contribution is 2.43. The Bertz CT molecular complexity index is 547. The third kappa shape index (κ3) is 3.29. The maximum Gasteiger partial charge on any atom is 0.330 e. The first-order valence-corrected chi connectivity index (χ1v) is 6.87. The number of benzene rings is 1. The van der Waals surface area contributed by atoms with Crippen molar-refractivity contribution in [3.8, 4) is 0 Å². The van der Waals surface area contributed by atoms with E-state index in [1.165, 1.54) is 25.3 Å². The molecular weight excluding hydrogens is 273 g/mol. The Balaban J connectivity index is 2.00. The molecular formula is C16H18FNO3. The molecule has 1 aliphatic rings. The van der Waals surface area contributed by atoms with Crippen LogP contribution in [-0.4, -0.2) is 25.5 Å². The zero-order chi connectivity index (χ0) is 15.3. The second-order valence-electron chi connectivity index (χ2n) is 5.08. The van der Waals surface area contributed by atoms with Crippen LogP contribution in [0.25, 0.3) is 0 Å². The molecule has 0 spiro atoms. The average Bonchev–Trinajstić information content (AvgIpc) is 2.44. The van der Waals surface area contributed by atoms with Crippen LogP contribution in [0.3, 0.4) is 0 Å². The molecule has 1 aliphatic carbocycles. The molecule has 1 amide bonds. The minimum Gasteiger partial charge on any atom is -0.466 e. The number of carbonyl (C=O) groups is 2. The Morgan fingerprint density at radius 3 is 2.52 bits per heavy atom. The monoisotopic (exact) mass is 291 g/mol. The van der Waals surface area contributed by atoms with Gasteiger partial charge in [-0.15, -0.1) is 0 Å². The van der Waals surface area contributed by atoms with Crippen molar-refractivity contribution in [2.45, 2.75) is 24.7 Å². The number of hydrogen-bond acceptors (Lipinski definition) is 3. The van der Waals surface area contributed by atoms with E-state index < -0.39 is 11.4 Å². The molecule has 1 saturated carbocycles. The van der Waals surface area contributed by atoms with Gasteiger partial charge in [-0.25, -0.2) is 9.18 Å². The molecule has 5 heteroatoms. The van der Waals surface area contributed by atoms with Gasteiger partial charge in [-0.2, -0.15) is 0 Å². The molecule has 0 saturated heterocycles. The van der Waals surface area contributed by atoms with Gasteiger partial charge in [0, 0.05) is 12.6 Å². The zero-order valence-corrected chi connectivity index (χ0v) is 11.9. The number of esters is 1. The van der Waals surface area contributed by atoms with Crippen molar-refractivity contribution in [3.63, 3.8) is 0 Å². The summed E-state index contributed by atoms with van der Waals surface area (Å²) in [4.78, 5) is 23.3. The highest BCUT2D eigenvalue weighted by Gasteiger charge is 2.45. The van der Waals surface area contributed by atoms with Crippen molar-refractivity contribution in [1.29, 1.82) is 0 Å². The Labute approximate surface area is 123 Å². The van der Waals surface area contributed by atoms with Crippen LogP contribution in [0.4, 0.5) is 4.39 Å². The number of nitrogens with one attached hydrogen (secondary N) is 1. The van der Waals surface area contributed by atoms with Crippen LogP contribution in [0.1, 0.15) is 24.8 Å². The van der Waals surface area contributed by atoms with Crippen LogP contribution in [-0.2, 0) is 19.7 Å². The number of halogens is 1. The molecule has 0 aromatic heterocycles. The summed E-state index contributed by atoms with van der Waals surface area (Å²) in [7, 11) is 1.29. The van der Waals surface area contributed by atoms with Gasteiger partial charge in [0.1, 0.15) is 5.82 Å². The number of rotatable bonds is 5. The number of carbonyl (C=O) groups excluding carboxylic acids is 2. The summed E-state index contributed by atoms with van der Waals surface area (Å²) in [5.74, 6) is -0.856. The van der Waals surface area contributed by atoms with Crippen LogP contribution < -0.4 is 5.32 Å². The van der Waals surface area contributed by atoms with Crippen molar-refractivity contribution in [1.82, 2.24) is 5.32 Å². The largest absolute Gasteiger partial charge is 0.466 e. The first kappa shape index (κ1) is 15.2. The molecule has 112 valence electrons. The first-order chi connectivity index (χ1) is 10.1. The molecule has 0 aliphatic heterocycles. The maximum absolute atomic E-state index is 13.0. The molecule has 0 unspecified atom stereocenters. The Kier molecular flexibility index (Phi) is 4.73. The fraction of sp³-hybridized carbons (Fsp3) is 0.375. The Morgan fingerprint density at radius 1 is 1.33 bits per heavy atom. The van der Waals surface area contributed by atoms with E-state index >= 15 is 0 Å². The second kappa shape index (κ2) is 6.52. The van der Waals surface area contributed by atoms with Crippen LogP contribution in [0.5, 0.6) is 0 Å². The number of methoxy groups -OCH3 is 1. The highest BCUT2D eigenvalue weighted by molar-refractivity contribution is 5.89. The lowest BCUT2D eigenvalue weighted by molar-refractivity contribution is -0.135. The summed E-state index contributed by atoms with van der Waals surface area (Å²) in [6.07, 6.45) is 5.30. The molecule has 1 fully saturated rings. The van der Waals surface area contributed by atoms with E-state index in [0.717, 1.165) is 24.8 Å². The van der Waals surface area contributed by atoms with Gasteiger partial charge in [-0.05, 0) is 30.5 Å². The topological polar surface area (TPSA) is 55.4 Å². The summed E-state index contributed by atoms with van der Waals surface area (Å²) < 4.78 is 17.5. The summed E-state index contributed by atoms with van der Waals surface area (Å²) in [6.45, 7) is 0.261. The Hall–Kier alpha value is -2.17. The second-order valence-corrected chi connectivity index (χ2v) is 5.08. The zero-order valence-electron chi connectivity index (χ0n) is 11.9. The van der Waals surface area contributed by atoms with Crippen molar-refractivity contribution in [2.75, 3.05) is 13.7 Å². The fourth-order valence-electron chi connectivity index (χ4n) is 2.49. The van der Waals surface area contributed by atoms with Gasteiger partial charge in [0.2, 0.25) is 5.91 Å². The fourth-order valence-corrected chi connectivity index (χ4v) is 2.49. The van der Waals surface area contributed by atoms with Crippen LogP contribution >= 0.6 is 0 Å². The predicted octanol–water partition coefficient (Wildman–Crippen LogP) is 2.09. The van der Waals surface area contributed by atoms with Crippen LogP contribution in [0.2, 0.25) is 0 Å². The molecule has 1 aromatic carbocycles. The Morgan fingerprint density at radius 2 is 2.00 bits per heavy atom. The molecule has 21 heavy (non-hydrogen) atoms. The van der Waals surface area contributed by atoms with Gasteiger partial charge in [0.05, 0.1) is 12.5 Å². The normalized spacial score (nSPS) is 16.3. The van der Waals surface area contributed by atoms with E-state index in [-0.39, 0.29) is 18.3 Å². The summed E-state index contributed by atoms with van der Waals surface area (Å²) in [5.41, 5.74) is 0.275. The van der Waals surface area contributed by atoms with E-state index in [4.69, 9.17) is 0 Å². The lowest BCUT2D eigenvalue weighted by Crippen LogP contribution is -2.49. The lowest BCUT2D eigenvalue weighted by Gasteiger charge is -2.40. The number of amides is 1. The maximum atomic E-state index is 13.0. The van der Waals surface area contributed by atoms with Crippen molar-refractivity contribution in [2.24, 2.45) is 0 Å². The van der Waals surface area contributed by atoms with Crippen molar-refractivity contribution in [3.05, 3.63) is 47.8 Å². The van der Waals surface area contributed by atoms with E-state index in [1.54, 1.807) is 18.2 Å². The van der Waals surface area contributed by atoms with E-state index in [9.17, 15) is 14.0 Å². The van der Waals surface area contributed by atoms with Crippen LogP contribution in [0, 0.1) is 5.82 Å². The van der Waals surface area contributed by atoms with Gasteiger partial charge in [0.25, 0.3) is 0 Å². The van der Waals surface area contributed by atoms with E-state index in [0.29, 0.717) is 0 Å². The van der Waals surface area contributed by atoms with Crippen molar-refractivity contribution >= 4 is 11.9 Å². The molecule has 0 atom stereocenters. The third-order valence-electron chi connectivity index (χ3n) is 3.87. The van der Waals surface area contributed by atoms with E-state index in [1.807, 2.05) is 0 Å². The summed E-state index contributed by atoms with van der Waals surface area (Å²) in [5, 5.41) is 2.79. The SMILES string of the molecule is COC(=O)/C=C/CNC(=O)C1(c2ccc(F)cc2)CCC1. The smallest absolute Gasteiger partial charge is 0.330 e. The average molecular weight is 291 g/mol. The van der Waals surface area contributed by atoms with Crippen molar-refractivity contribution < 1.29 is 18.7 Å². The minimum absolute atomic E-state index is 0.0881.